The monoisotopic (exact) mass is 274 g/mol. The van der Waals surface area contributed by atoms with Crippen LogP contribution in [0.25, 0.3) is 0 Å². The van der Waals surface area contributed by atoms with Gasteiger partial charge in [0.2, 0.25) is 0 Å². The number of hydrogen-bond donors (Lipinski definition) is 1. The molecule has 1 aliphatic carbocycles. The molecule has 0 bridgehead atoms. The highest BCUT2D eigenvalue weighted by Gasteiger charge is 2.33. The van der Waals surface area contributed by atoms with Crippen LogP contribution >= 0.6 is 11.8 Å². The number of nitriles is 1. The van der Waals surface area contributed by atoms with Gasteiger partial charge in [0, 0.05) is 16.9 Å². The first kappa shape index (κ1) is 14.0. The van der Waals surface area contributed by atoms with Gasteiger partial charge < -0.3 is 5.32 Å². The number of rotatable bonds is 4. The number of carbonyl (C=O) groups excluding carboxylic acids is 1. The average Bonchev–Trinajstić information content (AvgIpc) is 2.94. The molecule has 0 saturated heterocycles. The van der Waals surface area contributed by atoms with Gasteiger partial charge in [-0.1, -0.05) is 18.9 Å². The summed E-state index contributed by atoms with van der Waals surface area (Å²) in [5.74, 6) is -0.0857. The second kappa shape index (κ2) is 6.12. The summed E-state index contributed by atoms with van der Waals surface area (Å²) >= 11 is 1.86. The van der Waals surface area contributed by atoms with Gasteiger partial charge in [0.1, 0.15) is 0 Å². The third-order valence-electron chi connectivity index (χ3n) is 3.77. The lowest BCUT2D eigenvalue weighted by atomic mass is 10.1. The quantitative estimate of drug-likeness (QED) is 0.918. The van der Waals surface area contributed by atoms with E-state index in [0.29, 0.717) is 17.7 Å². The Morgan fingerprint density at radius 2 is 2.21 bits per heavy atom. The highest BCUT2D eigenvalue weighted by atomic mass is 32.2. The predicted molar refractivity (Wildman–Crippen MR) is 78.2 cm³/mol. The van der Waals surface area contributed by atoms with Crippen molar-refractivity contribution in [2.75, 3.05) is 12.8 Å². The van der Waals surface area contributed by atoms with E-state index in [-0.39, 0.29) is 10.7 Å². The summed E-state index contributed by atoms with van der Waals surface area (Å²) in [6.45, 7) is 0.712. The number of nitrogens with one attached hydrogen (secondary N) is 1. The summed E-state index contributed by atoms with van der Waals surface area (Å²) in [6.07, 6.45) is 6.97. The van der Waals surface area contributed by atoms with Crippen molar-refractivity contribution >= 4 is 17.7 Å². The minimum atomic E-state index is -0.0857. The van der Waals surface area contributed by atoms with E-state index in [9.17, 15) is 4.79 Å². The van der Waals surface area contributed by atoms with E-state index in [2.05, 4.69) is 17.6 Å². The first-order valence-electron chi connectivity index (χ1n) is 6.53. The fourth-order valence-corrected chi connectivity index (χ4v) is 3.46. The lowest BCUT2D eigenvalue weighted by Crippen LogP contribution is -2.38. The first-order chi connectivity index (χ1) is 9.19. The zero-order chi connectivity index (χ0) is 13.7. The van der Waals surface area contributed by atoms with Crippen molar-refractivity contribution in [2.45, 2.75) is 30.4 Å². The van der Waals surface area contributed by atoms with Crippen molar-refractivity contribution in [1.82, 2.24) is 5.32 Å². The SMILES string of the molecule is CSC1(CNC(=O)c2cccc(C#N)c2)CCCC1. The number of amides is 1. The Morgan fingerprint density at radius 3 is 2.84 bits per heavy atom. The summed E-state index contributed by atoms with van der Waals surface area (Å²) in [6, 6.07) is 8.88. The molecule has 1 amide bonds. The second-order valence-electron chi connectivity index (χ2n) is 4.97. The Kier molecular flexibility index (Phi) is 4.49. The zero-order valence-electron chi connectivity index (χ0n) is 11.1. The van der Waals surface area contributed by atoms with Crippen LogP contribution in [0.2, 0.25) is 0 Å². The maximum absolute atomic E-state index is 12.1. The molecule has 3 nitrogen and oxygen atoms in total. The molecule has 1 aromatic carbocycles. The molecule has 0 atom stereocenters. The molecular formula is C15H18N2OS. The summed E-state index contributed by atoms with van der Waals surface area (Å²) in [7, 11) is 0. The fraction of sp³-hybridized carbons (Fsp3) is 0.467. The lowest BCUT2D eigenvalue weighted by molar-refractivity contribution is 0.0949. The molecule has 0 aliphatic heterocycles. The molecule has 0 unspecified atom stereocenters. The number of hydrogen-bond acceptors (Lipinski definition) is 3. The Hall–Kier alpha value is -1.47. The molecule has 0 spiro atoms. The minimum absolute atomic E-state index is 0.0857. The maximum Gasteiger partial charge on any atom is 0.251 e. The van der Waals surface area contributed by atoms with Gasteiger partial charge in [-0.25, -0.2) is 0 Å². The van der Waals surface area contributed by atoms with Crippen LogP contribution in [0, 0.1) is 11.3 Å². The molecule has 0 radical (unpaired) electrons. The molecule has 1 fully saturated rings. The lowest BCUT2D eigenvalue weighted by Gasteiger charge is -2.26. The van der Waals surface area contributed by atoms with Crippen molar-refractivity contribution in [3.05, 3.63) is 35.4 Å². The van der Waals surface area contributed by atoms with Crippen LogP contribution in [0.1, 0.15) is 41.6 Å². The second-order valence-corrected chi connectivity index (χ2v) is 6.24. The van der Waals surface area contributed by atoms with Gasteiger partial charge in [0.05, 0.1) is 11.6 Å². The largest absolute Gasteiger partial charge is 0.351 e. The number of nitrogens with zero attached hydrogens (tertiary/aromatic N) is 1. The minimum Gasteiger partial charge on any atom is -0.351 e. The number of carbonyl (C=O) groups is 1. The van der Waals surface area contributed by atoms with E-state index >= 15 is 0 Å². The molecule has 0 heterocycles. The van der Waals surface area contributed by atoms with Gasteiger partial charge in [0.15, 0.2) is 0 Å². The fourth-order valence-electron chi connectivity index (χ4n) is 2.55. The summed E-state index contributed by atoms with van der Waals surface area (Å²) in [4.78, 5) is 12.1. The van der Waals surface area contributed by atoms with Crippen LogP contribution in [0.3, 0.4) is 0 Å². The zero-order valence-corrected chi connectivity index (χ0v) is 11.9. The molecule has 100 valence electrons. The Morgan fingerprint density at radius 1 is 1.47 bits per heavy atom. The van der Waals surface area contributed by atoms with Crippen LogP contribution in [0.15, 0.2) is 24.3 Å². The number of benzene rings is 1. The standard InChI is InChI=1S/C15H18N2OS/c1-19-15(7-2-3-8-15)11-17-14(18)13-6-4-5-12(9-13)10-16/h4-6,9H,2-3,7-8,11H2,1H3,(H,17,18). The van der Waals surface area contributed by atoms with Gasteiger partial charge in [-0.3, -0.25) is 4.79 Å². The van der Waals surface area contributed by atoms with Gasteiger partial charge in [0.25, 0.3) is 5.91 Å². The van der Waals surface area contributed by atoms with Crippen LogP contribution in [-0.4, -0.2) is 23.5 Å². The normalized spacial score (nSPS) is 16.8. The van der Waals surface area contributed by atoms with Crippen LogP contribution in [-0.2, 0) is 0 Å². The maximum atomic E-state index is 12.1. The third kappa shape index (κ3) is 3.30. The molecule has 1 aliphatic rings. The molecule has 1 aromatic rings. The van der Waals surface area contributed by atoms with Gasteiger partial charge in [-0.05, 0) is 37.3 Å². The highest BCUT2D eigenvalue weighted by molar-refractivity contribution is 8.00. The molecule has 19 heavy (non-hydrogen) atoms. The summed E-state index contributed by atoms with van der Waals surface area (Å²) in [5.41, 5.74) is 1.08. The van der Waals surface area contributed by atoms with Crippen LogP contribution in [0.4, 0.5) is 0 Å². The van der Waals surface area contributed by atoms with Crippen LogP contribution in [0.5, 0.6) is 0 Å². The third-order valence-corrected chi connectivity index (χ3v) is 5.19. The topological polar surface area (TPSA) is 52.9 Å². The van der Waals surface area contributed by atoms with Crippen LogP contribution < -0.4 is 5.32 Å². The van der Waals surface area contributed by atoms with Crippen molar-refractivity contribution < 1.29 is 4.79 Å². The van der Waals surface area contributed by atoms with Crippen molar-refractivity contribution in [3.63, 3.8) is 0 Å². The summed E-state index contributed by atoms with van der Waals surface area (Å²) in [5, 5.41) is 11.9. The van der Waals surface area contributed by atoms with E-state index in [1.807, 2.05) is 11.8 Å². The molecule has 4 heteroatoms. The van der Waals surface area contributed by atoms with Crippen molar-refractivity contribution in [2.24, 2.45) is 0 Å². The van der Waals surface area contributed by atoms with Crippen molar-refractivity contribution in [1.29, 1.82) is 5.26 Å². The van der Waals surface area contributed by atoms with E-state index in [1.54, 1.807) is 24.3 Å². The van der Waals surface area contributed by atoms with Gasteiger partial charge in [-0.2, -0.15) is 17.0 Å². The number of thioether (sulfide) groups is 1. The predicted octanol–water partition coefficient (Wildman–Crippen LogP) is 2.96. The molecule has 1 N–H and O–H groups in total. The van der Waals surface area contributed by atoms with Gasteiger partial charge in [-0.15, -0.1) is 0 Å². The molecule has 0 aromatic heterocycles. The summed E-state index contributed by atoms with van der Waals surface area (Å²) < 4.78 is 0.211. The first-order valence-corrected chi connectivity index (χ1v) is 7.75. The van der Waals surface area contributed by atoms with E-state index in [4.69, 9.17) is 5.26 Å². The smallest absolute Gasteiger partial charge is 0.251 e. The molecule has 1 saturated carbocycles. The Bertz CT molecular complexity index is 501. The average molecular weight is 274 g/mol. The Labute approximate surface area is 118 Å². The van der Waals surface area contributed by atoms with Gasteiger partial charge >= 0.3 is 0 Å². The Balaban J connectivity index is 1.99. The van der Waals surface area contributed by atoms with E-state index in [1.165, 1.54) is 25.7 Å². The molecular weight excluding hydrogens is 256 g/mol. The van der Waals surface area contributed by atoms with Crippen molar-refractivity contribution in [3.8, 4) is 6.07 Å². The van der Waals surface area contributed by atoms with E-state index < -0.39 is 0 Å². The van der Waals surface area contributed by atoms with E-state index in [0.717, 1.165) is 0 Å². The molecule has 2 rings (SSSR count). The highest BCUT2D eigenvalue weighted by Crippen LogP contribution is 2.39.